The molecule has 2 heterocycles. The summed E-state index contributed by atoms with van der Waals surface area (Å²) < 4.78 is 11.1. The number of aromatic nitrogens is 2. The fourth-order valence-corrected chi connectivity index (χ4v) is 3.14. The van der Waals surface area contributed by atoms with Gasteiger partial charge < -0.3 is 9.47 Å². The van der Waals surface area contributed by atoms with Crippen molar-refractivity contribution < 1.29 is 14.3 Å². The third-order valence-corrected chi connectivity index (χ3v) is 4.67. The van der Waals surface area contributed by atoms with Crippen LogP contribution in [-0.4, -0.2) is 29.3 Å². The van der Waals surface area contributed by atoms with Gasteiger partial charge in [0.15, 0.2) is 6.61 Å². The van der Waals surface area contributed by atoms with Crippen molar-refractivity contribution in [3.8, 4) is 5.75 Å². The molecule has 1 amide bonds. The van der Waals surface area contributed by atoms with E-state index in [-0.39, 0.29) is 18.6 Å². The second-order valence-electron chi connectivity index (χ2n) is 5.53. The van der Waals surface area contributed by atoms with E-state index in [1.54, 1.807) is 0 Å². The molecule has 0 saturated carbocycles. The zero-order valence-corrected chi connectivity index (χ0v) is 14.0. The summed E-state index contributed by atoms with van der Waals surface area (Å²) in [5.74, 6) is 0.429. The smallest absolute Gasteiger partial charge is 0.264 e. The van der Waals surface area contributed by atoms with E-state index < -0.39 is 0 Å². The van der Waals surface area contributed by atoms with Gasteiger partial charge in [0, 0.05) is 6.61 Å². The number of carbonyl (C=O) groups excluding carboxylic acids is 1. The Kier molecular flexibility index (Phi) is 4.88. The summed E-state index contributed by atoms with van der Waals surface area (Å²) in [6.07, 6.45) is 2.01. The summed E-state index contributed by atoms with van der Waals surface area (Å²) >= 11 is 1.35. The summed E-state index contributed by atoms with van der Waals surface area (Å²) in [6, 6.07) is 5.75. The number of benzene rings is 1. The summed E-state index contributed by atoms with van der Waals surface area (Å²) in [4.78, 5) is 11.9. The normalized spacial score (nSPS) is 17.2. The first kappa shape index (κ1) is 15.9. The van der Waals surface area contributed by atoms with Crippen LogP contribution in [0.15, 0.2) is 18.2 Å². The van der Waals surface area contributed by atoms with E-state index in [1.165, 1.54) is 16.9 Å². The van der Waals surface area contributed by atoms with Gasteiger partial charge in [-0.05, 0) is 49.9 Å². The number of hydrogen-bond donors (Lipinski definition) is 1. The molecule has 1 atom stereocenters. The minimum Gasteiger partial charge on any atom is -0.484 e. The molecule has 1 aromatic heterocycles. The van der Waals surface area contributed by atoms with Crippen molar-refractivity contribution in [1.29, 1.82) is 0 Å². The number of anilines is 1. The van der Waals surface area contributed by atoms with E-state index in [9.17, 15) is 4.79 Å². The van der Waals surface area contributed by atoms with E-state index in [0.29, 0.717) is 10.9 Å². The van der Waals surface area contributed by atoms with Crippen LogP contribution in [0.5, 0.6) is 5.75 Å². The van der Waals surface area contributed by atoms with Crippen molar-refractivity contribution in [2.24, 2.45) is 0 Å². The zero-order valence-electron chi connectivity index (χ0n) is 13.2. The zero-order chi connectivity index (χ0) is 16.2. The Morgan fingerprint density at radius 1 is 1.39 bits per heavy atom. The first-order valence-corrected chi connectivity index (χ1v) is 8.38. The van der Waals surface area contributed by atoms with Crippen LogP contribution in [0.2, 0.25) is 0 Å². The first-order chi connectivity index (χ1) is 11.1. The average Bonchev–Trinajstić information content (AvgIpc) is 3.19. The quantitative estimate of drug-likeness (QED) is 0.910. The number of nitrogens with zero attached hydrogens (tertiary/aromatic N) is 2. The van der Waals surface area contributed by atoms with Crippen LogP contribution in [-0.2, 0) is 9.53 Å². The van der Waals surface area contributed by atoms with Gasteiger partial charge in [-0.15, -0.1) is 10.2 Å². The van der Waals surface area contributed by atoms with E-state index in [1.807, 2.05) is 32.0 Å². The van der Waals surface area contributed by atoms with Crippen LogP contribution < -0.4 is 10.1 Å². The van der Waals surface area contributed by atoms with Crippen LogP contribution in [0.4, 0.5) is 5.13 Å². The largest absolute Gasteiger partial charge is 0.484 e. The summed E-state index contributed by atoms with van der Waals surface area (Å²) in [5, 5.41) is 12.1. The molecule has 0 spiro atoms. The molecule has 1 unspecified atom stereocenters. The Morgan fingerprint density at radius 2 is 2.26 bits per heavy atom. The minimum absolute atomic E-state index is 0.0185. The SMILES string of the molecule is Cc1ccc(OCC(=O)Nc2nnc(C3CCCO3)s2)cc1C. The number of nitrogens with one attached hydrogen (secondary N) is 1. The van der Waals surface area contributed by atoms with E-state index >= 15 is 0 Å². The standard InChI is InChI=1S/C16H19N3O3S/c1-10-5-6-12(8-11(10)2)22-9-14(20)17-16-19-18-15(23-16)13-4-3-7-21-13/h5-6,8,13H,3-4,7,9H2,1-2H3,(H,17,19,20). The van der Waals surface area contributed by atoms with Gasteiger partial charge in [-0.25, -0.2) is 0 Å². The number of hydrogen-bond acceptors (Lipinski definition) is 6. The lowest BCUT2D eigenvalue weighted by Crippen LogP contribution is -2.20. The summed E-state index contributed by atoms with van der Waals surface area (Å²) in [7, 11) is 0. The lowest BCUT2D eigenvalue weighted by atomic mass is 10.1. The molecule has 1 aliphatic rings. The summed E-state index contributed by atoms with van der Waals surface area (Å²) in [5.41, 5.74) is 2.32. The maximum atomic E-state index is 11.9. The van der Waals surface area contributed by atoms with Crippen LogP contribution in [0, 0.1) is 13.8 Å². The number of amides is 1. The Hall–Kier alpha value is -1.99. The molecule has 7 heteroatoms. The highest BCUT2D eigenvalue weighted by Gasteiger charge is 2.22. The molecule has 1 aliphatic heterocycles. The molecule has 0 aliphatic carbocycles. The molecular formula is C16H19N3O3S. The fourth-order valence-electron chi connectivity index (χ4n) is 2.30. The van der Waals surface area contributed by atoms with Gasteiger partial charge in [0.2, 0.25) is 5.13 Å². The fraction of sp³-hybridized carbons (Fsp3) is 0.438. The topological polar surface area (TPSA) is 73.3 Å². The molecule has 122 valence electrons. The molecule has 6 nitrogen and oxygen atoms in total. The average molecular weight is 333 g/mol. The first-order valence-electron chi connectivity index (χ1n) is 7.57. The highest BCUT2D eigenvalue weighted by molar-refractivity contribution is 7.15. The maximum absolute atomic E-state index is 11.9. The molecule has 1 saturated heterocycles. The van der Waals surface area contributed by atoms with Gasteiger partial charge in [0.25, 0.3) is 5.91 Å². The van der Waals surface area contributed by atoms with Gasteiger partial charge in [0.1, 0.15) is 16.9 Å². The van der Waals surface area contributed by atoms with Crippen LogP contribution in [0.1, 0.15) is 35.1 Å². The number of rotatable bonds is 5. The molecule has 0 radical (unpaired) electrons. The second-order valence-corrected chi connectivity index (χ2v) is 6.54. The van der Waals surface area contributed by atoms with E-state index in [4.69, 9.17) is 9.47 Å². The Morgan fingerprint density at radius 3 is 3.00 bits per heavy atom. The molecule has 23 heavy (non-hydrogen) atoms. The monoisotopic (exact) mass is 333 g/mol. The lowest BCUT2D eigenvalue weighted by Gasteiger charge is -2.07. The Labute approximate surface area is 138 Å². The number of ether oxygens (including phenoxy) is 2. The van der Waals surface area contributed by atoms with Gasteiger partial charge >= 0.3 is 0 Å². The maximum Gasteiger partial charge on any atom is 0.264 e. The van der Waals surface area contributed by atoms with Gasteiger partial charge in [-0.2, -0.15) is 0 Å². The molecule has 0 bridgehead atoms. The van der Waals surface area contributed by atoms with Crippen molar-refractivity contribution in [3.63, 3.8) is 0 Å². The third kappa shape index (κ3) is 4.05. The predicted molar refractivity (Wildman–Crippen MR) is 87.9 cm³/mol. The second kappa shape index (κ2) is 7.06. The van der Waals surface area contributed by atoms with Gasteiger partial charge in [-0.3, -0.25) is 10.1 Å². The Bertz CT molecular complexity index is 696. The minimum atomic E-state index is -0.252. The Balaban J connectivity index is 1.51. The van der Waals surface area contributed by atoms with Crippen molar-refractivity contribution in [1.82, 2.24) is 10.2 Å². The van der Waals surface area contributed by atoms with E-state index in [0.717, 1.165) is 30.0 Å². The number of carbonyl (C=O) groups is 1. The molecule has 1 fully saturated rings. The van der Waals surface area contributed by atoms with Crippen molar-refractivity contribution in [3.05, 3.63) is 34.3 Å². The number of aryl methyl sites for hydroxylation is 2. The van der Waals surface area contributed by atoms with Crippen molar-refractivity contribution in [2.45, 2.75) is 32.8 Å². The molecular weight excluding hydrogens is 314 g/mol. The molecule has 1 N–H and O–H groups in total. The van der Waals surface area contributed by atoms with Crippen molar-refractivity contribution in [2.75, 3.05) is 18.5 Å². The van der Waals surface area contributed by atoms with E-state index in [2.05, 4.69) is 15.5 Å². The summed E-state index contributed by atoms with van der Waals surface area (Å²) in [6.45, 7) is 4.75. The third-order valence-electron chi connectivity index (χ3n) is 3.74. The molecule has 1 aromatic carbocycles. The highest BCUT2D eigenvalue weighted by Crippen LogP contribution is 2.31. The van der Waals surface area contributed by atoms with Crippen LogP contribution >= 0.6 is 11.3 Å². The predicted octanol–water partition coefficient (Wildman–Crippen LogP) is 3.02. The highest BCUT2D eigenvalue weighted by atomic mass is 32.1. The van der Waals surface area contributed by atoms with Crippen LogP contribution in [0.25, 0.3) is 0 Å². The molecule has 2 aromatic rings. The molecule has 3 rings (SSSR count). The van der Waals surface area contributed by atoms with Gasteiger partial charge in [0.05, 0.1) is 0 Å². The van der Waals surface area contributed by atoms with Crippen molar-refractivity contribution >= 4 is 22.4 Å². The lowest BCUT2D eigenvalue weighted by molar-refractivity contribution is -0.118. The van der Waals surface area contributed by atoms with Gasteiger partial charge in [-0.1, -0.05) is 17.4 Å². The van der Waals surface area contributed by atoms with Crippen LogP contribution in [0.3, 0.4) is 0 Å².